The monoisotopic (exact) mass is 286 g/mol. The molecule has 1 N–H and O–H groups in total. The molecule has 0 radical (unpaired) electrons. The minimum absolute atomic E-state index is 0.0971. The van der Waals surface area contributed by atoms with Crippen molar-refractivity contribution >= 4 is 5.78 Å². The number of aliphatic hydroxyl groups excluding tert-OH is 1. The Labute approximate surface area is 127 Å². The maximum Gasteiger partial charge on any atom is 0.178 e. The highest BCUT2D eigenvalue weighted by molar-refractivity contribution is 6.01. The van der Waals surface area contributed by atoms with E-state index < -0.39 is 0 Å². The Morgan fingerprint density at radius 1 is 1.29 bits per heavy atom. The van der Waals surface area contributed by atoms with E-state index in [0.717, 1.165) is 25.2 Å². The summed E-state index contributed by atoms with van der Waals surface area (Å²) < 4.78 is 0. The van der Waals surface area contributed by atoms with Gasteiger partial charge in [-0.25, -0.2) is 0 Å². The predicted molar refractivity (Wildman–Crippen MR) is 82.6 cm³/mol. The summed E-state index contributed by atoms with van der Waals surface area (Å²) in [6.07, 6.45) is 12.5. The molecule has 2 heteroatoms. The molecule has 0 amide bonds. The van der Waals surface area contributed by atoms with Crippen LogP contribution in [0.2, 0.25) is 0 Å². The molecule has 4 aliphatic rings. The van der Waals surface area contributed by atoms with Crippen LogP contribution in [0.3, 0.4) is 0 Å². The second-order valence-corrected chi connectivity index (χ2v) is 8.34. The molecule has 4 aliphatic carbocycles. The summed E-state index contributed by atoms with van der Waals surface area (Å²) >= 11 is 0. The van der Waals surface area contributed by atoms with E-state index in [0.29, 0.717) is 17.3 Å². The Morgan fingerprint density at radius 3 is 2.90 bits per heavy atom. The smallest absolute Gasteiger partial charge is 0.178 e. The number of fused-ring (bicyclic) bond motifs is 5. The van der Waals surface area contributed by atoms with Gasteiger partial charge in [0.1, 0.15) is 0 Å². The molecular weight excluding hydrogens is 260 g/mol. The summed E-state index contributed by atoms with van der Waals surface area (Å²) in [5.74, 6) is 1.83. The highest BCUT2D eigenvalue weighted by Crippen LogP contribution is 2.64. The number of hydrogen-bond donors (Lipinski definition) is 1. The normalized spacial score (nSPS) is 52.0. The molecule has 6 atom stereocenters. The third-order valence-corrected chi connectivity index (χ3v) is 7.27. The molecule has 3 saturated carbocycles. The molecule has 3 fully saturated rings. The van der Waals surface area contributed by atoms with Crippen molar-refractivity contribution in [3.63, 3.8) is 0 Å². The topological polar surface area (TPSA) is 37.3 Å². The van der Waals surface area contributed by atoms with Crippen LogP contribution in [0.4, 0.5) is 0 Å². The van der Waals surface area contributed by atoms with Gasteiger partial charge in [0.05, 0.1) is 6.10 Å². The van der Waals surface area contributed by atoms with E-state index in [1.54, 1.807) is 6.08 Å². The zero-order valence-electron chi connectivity index (χ0n) is 13.1. The molecule has 0 bridgehead atoms. The lowest BCUT2D eigenvalue weighted by molar-refractivity contribution is -0.113. The summed E-state index contributed by atoms with van der Waals surface area (Å²) in [4.78, 5) is 11.7. The molecular formula is C19H26O2. The van der Waals surface area contributed by atoms with Crippen molar-refractivity contribution in [1.29, 1.82) is 0 Å². The Bertz CT molecular complexity index is 546. The second-order valence-electron chi connectivity index (χ2n) is 8.34. The van der Waals surface area contributed by atoms with Crippen molar-refractivity contribution in [3.05, 3.63) is 23.8 Å². The largest absolute Gasteiger partial charge is 0.393 e. The Morgan fingerprint density at radius 2 is 2.10 bits per heavy atom. The van der Waals surface area contributed by atoms with Crippen LogP contribution < -0.4 is 0 Å². The van der Waals surface area contributed by atoms with Gasteiger partial charge in [-0.3, -0.25) is 4.79 Å². The van der Waals surface area contributed by atoms with Crippen LogP contribution in [0.25, 0.3) is 0 Å². The number of ketones is 1. The number of allylic oxidation sites excluding steroid dienone is 4. The molecule has 21 heavy (non-hydrogen) atoms. The van der Waals surface area contributed by atoms with E-state index in [2.05, 4.69) is 19.9 Å². The molecule has 0 aromatic heterocycles. The second kappa shape index (κ2) is 4.32. The van der Waals surface area contributed by atoms with Crippen LogP contribution in [-0.4, -0.2) is 17.0 Å². The lowest BCUT2D eigenvalue weighted by Gasteiger charge is -2.58. The highest BCUT2D eigenvalue weighted by Gasteiger charge is 2.58. The van der Waals surface area contributed by atoms with Crippen molar-refractivity contribution in [2.45, 2.75) is 58.5 Å². The quantitative estimate of drug-likeness (QED) is 0.738. The maximum atomic E-state index is 11.7. The van der Waals surface area contributed by atoms with Gasteiger partial charge in [-0.2, -0.15) is 0 Å². The molecule has 0 saturated heterocycles. The first kappa shape index (κ1) is 13.8. The fourth-order valence-corrected chi connectivity index (χ4v) is 6.34. The Hall–Kier alpha value is -0.890. The van der Waals surface area contributed by atoms with Crippen molar-refractivity contribution in [3.8, 4) is 0 Å². The first-order chi connectivity index (χ1) is 9.94. The molecule has 0 aromatic rings. The van der Waals surface area contributed by atoms with Gasteiger partial charge >= 0.3 is 0 Å². The maximum absolute atomic E-state index is 11.7. The SMILES string of the molecule is C[C@@]12CCC[C@H]1[C@@H]1CCC3=CC(=O)C=C[C@]3(C)[C@H]1[C@H](O)C2. The molecule has 0 aliphatic heterocycles. The van der Waals surface area contributed by atoms with E-state index in [1.165, 1.54) is 24.8 Å². The first-order valence-corrected chi connectivity index (χ1v) is 8.56. The number of aliphatic hydroxyl groups is 1. The number of hydrogen-bond acceptors (Lipinski definition) is 2. The van der Waals surface area contributed by atoms with Gasteiger partial charge < -0.3 is 5.11 Å². The zero-order valence-corrected chi connectivity index (χ0v) is 13.1. The van der Waals surface area contributed by atoms with E-state index in [1.807, 2.05) is 6.08 Å². The van der Waals surface area contributed by atoms with E-state index in [9.17, 15) is 9.90 Å². The lowest BCUT2D eigenvalue weighted by Crippen LogP contribution is -2.54. The molecule has 0 aromatic carbocycles. The van der Waals surface area contributed by atoms with Crippen LogP contribution in [-0.2, 0) is 4.79 Å². The summed E-state index contributed by atoms with van der Waals surface area (Å²) in [7, 11) is 0. The molecule has 2 nitrogen and oxygen atoms in total. The Balaban J connectivity index is 1.76. The average Bonchev–Trinajstić information content (AvgIpc) is 2.80. The summed E-state index contributed by atoms with van der Waals surface area (Å²) in [5, 5.41) is 10.9. The molecule has 0 spiro atoms. The minimum Gasteiger partial charge on any atom is -0.393 e. The van der Waals surface area contributed by atoms with Gasteiger partial charge in [0.15, 0.2) is 5.78 Å². The summed E-state index contributed by atoms with van der Waals surface area (Å²) in [6, 6.07) is 0. The van der Waals surface area contributed by atoms with E-state index >= 15 is 0 Å². The molecule has 114 valence electrons. The predicted octanol–water partition coefficient (Wildman–Crippen LogP) is 3.66. The van der Waals surface area contributed by atoms with E-state index in [4.69, 9.17) is 0 Å². The highest BCUT2D eigenvalue weighted by atomic mass is 16.3. The number of carbonyl (C=O) groups excluding carboxylic acids is 1. The summed E-state index contributed by atoms with van der Waals surface area (Å²) in [6.45, 7) is 4.65. The molecule has 0 heterocycles. The lowest BCUT2D eigenvalue weighted by atomic mass is 9.47. The number of carbonyl (C=O) groups is 1. The van der Waals surface area contributed by atoms with Crippen molar-refractivity contribution in [2.24, 2.45) is 28.6 Å². The Kier molecular flexibility index (Phi) is 2.83. The van der Waals surface area contributed by atoms with Gasteiger partial charge in [0.25, 0.3) is 0 Å². The van der Waals surface area contributed by atoms with Crippen molar-refractivity contribution < 1.29 is 9.90 Å². The third-order valence-electron chi connectivity index (χ3n) is 7.27. The average molecular weight is 286 g/mol. The fourth-order valence-electron chi connectivity index (χ4n) is 6.34. The van der Waals surface area contributed by atoms with Crippen molar-refractivity contribution in [1.82, 2.24) is 0 Å². The third kappa shape index (κ3) is 1.78. The van der Waals surface area contributed by atoms with Gasteiger partial charge in [-0.15, -0.1) is 0 Å². The van der Waals surface area contributed by atoms with Crippen LogP contribution in [0.1, 0.15) is 52.4 Å². The molecule has 0 unspecified atom stereocenters. The standard InChI is InChI=1S/C19H26O2/c1-18-8-3-4-15(18)14-6-5-12-10-13(20)7-9-19(12,2)17(14)16(21)11-18/h7,9-10,14-17,21H,3-6,8,11H2,1-2H3/t14-,15-,16+,17+,18-,19-/m0/s1. The summed E-state index contributed by atoms with van der Waals surface area (Å²) in [5.41, 5.74) is 1.52. The zero-order chi connectivity index (χ0) is 14.8. The van der Waals surface area contributed by atoms with Crippen LogP contribution in [0.5, 0.6) is 0 Å². The molecule has 4 rings (SSSR count). The van der Waals surface area contributed by atoms with Crippen LogP contribution in [0, 0.1) is 28.6 Å². The van der Waals surface area contributed by atoms with Gasteiger partial charge in [-0.05, 0) is 61.5 Å². The van der Waals surface area contributed by atoms with E-state index in [-0.39, 0.29) is 17.3 Å². The first-order valence-electron chi connectivity index (χ1n) is 8.56. The van der Waals surface area contributed by atoms with Crippen LogP contribution >= 0.6 is 0 Å². The van der Waals surface area contributed by atoms with Crippen molar-refractivity contribution in [2.75, 3.05) is 0 Å². The van der Waals surface area contributed by atoms with Gasteiger partial charge in [0.2, 0.25) is 0 Å². The fraction of sp³-hybridized carbons (Fsp3) is 0.737. The van der Waals surface area contributed by atoms with Crippen LogP contribution in [0.15, 0.2) is 23.8 Å². The van der Waals surface area contributed by atoms with Gasteiger partial charge in [-0.1, -0.05) is 31.9 Å². The minimum atomic E-state index is -0.221. The number of rotatable bonds is 0. The van der Waals surface area contributed by atoms with Gasteiger partial charge in [0, 0.05) is 11.3 Å².